The molecule has 5 nitrogen and oxygen atoms in total. The molecule has 2 rings (SSSR count). The summed E-state index contributed by atoms with van der Waals surface area (Å²) in [4.78, 5) is 17.1. The molecule has 1 aromatic carbocycles. The van der Waals surface area contributed by atoms with E-state index in [4.69, 9.17) is 9.52 Å². The molecular formula is C13H16N2O3. The van der Waals surface area contributed by atoms with Gasteiger partial charge in [0.1, 0.15) is 5.52 Å². The van der Waals surface area contributed by atoms with Gasteiger partial charge in [0.15, 0.2) is 12.0 Å². The average molecular weight is 248 g/mol. The van der Waals surface area contributed by atoms with Crippen LogP contribution in [-0.4, -0.2) is 41.1 Å². The van der Waals surface area contributed by atoms with E-state index in [1.54, 1.807) is 11.9 Å². The number of benzene rings is 1. The molecule has 0 unspecified atom stereocenters. The number of nitrogens with zero attached hydrogens (tertiary/aromatic N) is 2. The van der Waals surface area contributed by atoms with Crippen LogP contribution in [0.5, 0.6) is 0 Å². The van der Waals surface area contributed by atoms with Crippen molar-refractivity contribution in [3.05, 3.63) is 30.2 Å². The molecule has 0 aliphatic carbocycles. The van der Waals surface area contributed by atoms with Crippen LogP contribution >= 0.6 is 0 Å². The Morgan fingerprint density at radius 3 is 3.11 bits per heavy atom. The molecule has 2 aromatic rings. The summed E-state index contributed by atoms with van der Waals surface area (Å²) >= 11 is 0. The number of amides is 1. The fourth-order valence-electron chi connectivity index (χ4n) is 1.76. The normalized spacial score (nSPS) is 10.8. The summed E-state index contributed by atoms with van der Waals surface area (Å²) < 4.78 is 5.23. The smallest absolute Gasteiger partial charge is 0.224 e. The van der Waals surface area contributed by atoms with Gasteiger partial charge in [0.05, 0.1) is 6.61 Å². The van der Waals surface area contributed by atoms with Crippen molar-refractivity contribution in [3.8, 4) is 0 Å². The van der Waals surface area contributed by atoms with Gasteiger partial charge in [-0.05, 0) is 24.1 Å². The van der Waals surface area contributed by atoms with E-state index in [0.717, 1.165) is 23.1 Å². The van der Waals surface area contributed by atoms with E-state index in [2.05, 4.69) is 4.98 Å². The van der Waals surface area contributed by atoms with E-state index in [0.29, 0.717) is 6.54 Å². The molecule has 0 aliphatic heterocycles. The number of fused-ring (bicyclic) bond motifs is 1. The Morgan fingerprint density at radius 1 is 1.50 bits per heavy atom. The molecule has 1 aromatic heterocycles. The summed E-state index contributed by atoms with van der Waals surface area (Å²) in [5.74, 6) is -0.0433. The fourth-order valence-corrected chi connectivity index (χ4v) is 1.76. The van der Waals surface area contributed by atoms with Gasteiger partial charge in [0, 0.05) is 20.0 Å². The summed E-state index contributed by atoms with van der Waals surface area (Å²) in [7, 11) is 1.74. The highest BCUT2D eigenvalue weighted by atomic mass is 16.3. The van der Waals surface area contributed by atoms with Crippen LogP contribution in [0.15, 0.2) is 29.0 Å². The predicted molar refractivity (Wildman–Crippen MR) is 67.1 cm³/mol. The van der Waals surface area contributed by atoms with Gasteiger partial charge >= 0.3 is 0 Å². The highest BCUT2D eigenvalue weighted by molar-refractivity contribution is 5.76. The van der Waals surface area contributed by atoms with Crippen molar-refractivity contribution >= 4 is 17.0 Å². The van der Waals surface area contributed by atoms with E-state index in [-0.39, 0.29) is 18.9 Å². The van der Waals surface area contributed by atoms with Crippen LogP contribution in [0.1, 0.15) is 12.0 Å². The summed E-state index contributed by atoms with van der Waals surface area (Å²) in [5.41, 5.74) is 2.70. The van der Waals surface area contributed by atoms with E-state index in [1.165, 1.54) is 6.39 Å². The van der Waals surface area contributed by atoms with Crippen LogP contribution in [0, 0.1) is 0 Å². The fraction of sp³-hybridized carbons (Fsp3) is 0.385. The summed E-state index contributed by atoms with van der Waals surface area (Å²) in [6.45, 7) is 0.520. The van der Waals surface area contributed by atoms with Gasteiger partial charge in [0.2, 0.25) is 5.91 Å². The quantitative estimate of drug-likeness (QED) is 0.863. The number of aliphatic hydroxyl groups is 1. The number of rotatable bonds is 5. The summed E-state index contributed by atoms with van der Waals surface area (Å²) in [5, 5.41) is 8.70. The highest BCUT2D eigenvalue weighted by Gasteiger charge is 2.08. The SMILES string of the molecule is CN(CCc1ccc2ncoc2c1)C(=O)CCO. The third kappa shape index (κ3) is 2.87. The van der Waals surface area contributed by atoms with Crippen molar-refractivity contribution in [2.24, 2.45) is 0 Å². The number of aliphatic hydroxyl groups excluding tert-OH is 1. The Bertz CT molecular complexity index is 536. The van der Waals surface area contributed by atoms with Gasteiger partial charge in [0.25, 0.3) is 0 Å². The van der Waals surface area contributed by atoms with Gasteiger partial charge in [-0.1, -0.05) is 6.07 Å². The number of hydrogen-bond acceptors (Lipinski definition) is 4. The molecule has 0 saturated carbocycles. The Balaban J connectivity index is 1.95. The van der Waals surface area contributed by atoms with Crippen molar-refractivity contribution in [3.63, 3.8) is 0 Å². The molecule has 1 heterocycles. The minimum Gasteiger partial charge on any atom is -0.443 e. The minimum atomic E-state index is -0.104. The number of likely N-dealkylation sites (N-methyl/N-ethyl adjacent to an activating group) is 1. The van der Waals surface area contributed by atoms with Crippen molar-refractivity contribution < 1.29 is 14.3 Å². The van der Waals surface area contributed by atoms with Crippen LogP contribution in [0.2, 0.25) is 0 Å². The second kappa shape index (κ2) is 5.64. The third-order valence-electron chi connectivity index (χ3n) is 2.88. The molecular weight excluding hydrogens is 232 g/mol. The molecule has 1 amide bonds. The molecule has 0 radical (unpaired) electrons. The number of carbonyl (C=O) groups is 1. The zero-order valence-corrected chi connectivity index (χ0v) is 10.3. The van der Waals surface area contributed by atoms with Crippen LogP contribution in [0.25, 0.3) is 11.1 Å². The van der Waals surface area contributed by atoms with E-state index in [1.807, 2.05) is 18.2 Å². The Hall–Kier alpha value is -1.88. The van der Waals surface area contributed by atoms with Gasteiger partial charge < -0.3 is 14.4 Å². The highest BCUT2D eigenvalue weighted by Crippen LogP contribution is 2.14. The molecule has 96 valence electrons. The molecule has 0 fully saturated rings. The van der Waals surface area contributed by atoms with Crippen molar-refractivity contribution in [2.45, 2.75) is 12.8 Å². The predicted octanol–water partition coefficient (Wildman–Crippen LogP) is 1.21. The van der Waals surface area contributed by atoms with Crippen LogP contribution in [-0.2, 0) is 11.2 Å². The number of carbonyl (C=O) groups excluding carboxylic acids is 1. The second-order valence-corrected chi connectivity index (χ2v) is 4.19. The molecule has 1 N–H and O–H groups in total. The Kier molecular flexibility index (Phi) is 3.94. The third-order valence-corrected chi connectivity index (χ3v) is 2.88. The zero-order valence-electron chi connectivity index (χ0n) is 10.3. The maximum atomic E-state index is 11.5. The lowest BCUT2D eigenvalue weighted by Crippen LogP contribution is -2.29. The maximum Gasteiger partial charge on any atom is 0.224 e. The molecule has 0 bridgehead atoms. The molecule has 0 aliphatic rings. The number of hydrogen-bond donors (Lipinski definition) is 1. The summed E-state index contributed by atoms with van der Waals surface area (Å²) in [6, 6.07) is 5.83. The molecule has 0 atom stereocenters. The molecule has 0 spiro atoms. The second-order valence-electron chi connectivity index (χ2n) is 4.19. The van der Waals surface area contributed by atoms with E-state index in [9.17, 15) is 4.79 Å². The topological polar surface area (TPSA) is 66.6 Å². The van der Waals surface area contributed by atoms with Gasteiger partial charge in [-0.25, -0.2) is 4.98 Å². The molecule has 18 heavy (non-hydrogen) atoms. The van der Waals surface area contributed by atoms with Crippen LogP contribution < -0.4 is 0 Å². The van der Waals surface area contributed by atoms with Crippen molar-refractivity contribution in [1.82, 2.24) is 9.88 Å². The first-order valence-corrected chi connectivity index (χ1v) is 5.87. The lowest BCUT2D eigenvalue weighted by molar-refractivity contribution is -0.130. The first-order valence-electron chi connectivity index (χ1n) is 5.87. The largest absolute Gasteiger partial charge is 0.443 e. The van der Waals surface area contributed by atoms with Crippen LogP contribution in [0.3, 0.4) is 0 Å². The first-order chi connectivity index (χ1) is 8.70. The molecule has 5 heteroatoms. The molecule has 0 saturated heterocycles. The number of oxazole rings is 1. The lowest BCUT2D eigenvalue weighted by Gasteiger charge is -2.16. The van der Waals surface area contributed by atoms with Gasteiger partial charge in [-0.3, -0.25) is 4.79 Å². The maximum absolute atomic E-state index is 11.5. The average Bonchev–Trinajstić information content (AvgIpc) is 2.83. The van der Waals surface area contributed by atoms with E-state index >= 15 is 0 Å². The lowest BCUT2D eigenvalue weighted by atomic mass is 10.1. The van der Waals surface area contributed by atoms with Gasteiger partial charge in [-0.2, -0.15) is 0 Å². The van der Waals surface area contributed by atoms with Gasteiger partial charge in [-0.15, -0.1) is 0 Å². The Morgan fingerprint density at radius 2 is 2.33 bits per heavy atom. The standard InChI is InChI=1S/C13H16N2O3/c1-15(13(17)5-7-16)6-4-10-2-3-11-12(8-10)18-9-14-11/h2-3,8-9,16H,4-7H2,1H3. The first kappa shape index (κ1) is 12.6. The summed E-state index contributed by atoms with van der Waals surface area (Å²) in [6.07, 6.45) is 2.35. The minimum absolute atomic E-state index is 0.0433. The van der Waals surface area contributed by atoms with Crippen LogP contribution in [0.4, 0.5) is 0 Å². The van der Waals surface area contributed by atoms with E-state index < -0.39 is 0 Å². The zero-order chi connectivity index (χ0) is 13.0. The van der Waals surface area contributed by atoms with Crippen molar-refractivity contribution in [1.29, 1.82) is 0 Å². The number of aromatic nitrogens is 1. The Labute approximate surface area is 105 Å². The van der Waals surface area contributed by atoms with Crippen molar-refractivity contribution in [2.75, 3.05) is 20.2 Å². The monoisotopic (exact) mass is 248 g/mol.